The molecule has 0 aliphatic carbocycles. The highest BCUT2D eigenvalue weighted by atomic mass is 35.5. The highest BCUT2D eigenvalue weighted by Gasteiger charge is 2.29. The van der Waals surface area contributed by atoms with Gasteiger partial charge >= 0.3 is 0 Å². The van der Waals surface area contributed by atoms with Gasteiger partial charge in [0.05, 0.1) is 28.8 Å². The van der Waals surface area contributed by atoms with Gasteiger partial charge in [-0.15, -0.1) is 0 Å². The molecule has 1 aliphatic heterocycles. The molecule has 0 unspecified atom stereocenters. The lowest BCUT2D eigenvalue weighted by molar-refractivity contribution is -0.125. The average Bonchev–Trinajstić information content (AvgIpc) is 2.93. The number of benzene rings is 3. The van der Waals surface area contributed by atoms with E-state index in [9.17, 15) is 18.0 Å². The minimum absolute atomic E-state index is 0.0474. The van der Waals surface area contributed by atoms with E-state index in [1.54, 1.807) is 54.3 Å². The number of sulfonamides is 1. The SMILES string of the molecule is Cc1c(Cl)cccc1N(CC(=O)NCc1ccc(N2CCOCC2=O)cc1)S(=O)(=O)c1ccc(C#N)cc1. The summed E-state index contributed by atoms with van der Waals surface area (Å²) in [7, 11) is -4.16. The molecular weight excluding hydrogens is 528 g/mol. The van der Waals surface area contributed by atoms with Crippen LogP contribution in [0.3, 0.4) is 0 Å². The number of carbonyl (C=O) groups excluding carboxylic acids is 2. The number of anilines is 2. The van der Waals surface area contributed by atoms with E-state index in [0.29, 0.717) is 29.3 Å². The maximum Gasteiger partial charge on any atom is 0.264 e. The topological polar surface area (TPSA) is 120 Å². The van der Waals surface area contributed by atoms with Crippen LogP contribution in [-0.4, -0.2) is 46.5 Å². The number of hydrogen-bond donors (Lipinski definition) is 1. The third-order valence-electron chi connectivity index (χ3n) is 6.09. The first kappa shape index (κ1) is 27.1. The fourth-order valence-corrected chi connectivity index (χ4v) is 5.61. The van der Waals surface area contributed by atoms with Crippen molar-refractivity contribution in [3.05, 3.63) is 88.4 Å². The fourth-order valence-electron chi connectivity index (χ4n) is 3.97. The van der Waals surface area contributed by atoms with Crippen LogP contribution in [-0.2, 0) is 30.9 Å². The summed E-state index contributed by atoms with van der Waals surface area (Å²) < 4.78 is 33.4. The minimum atomic E-state index is -4.16. The molecule has 1 aliphatic rings. The van der Waals surface area contributed by atoms with E-state index in [2.05, 4.69) is 5.32 Å². The number of amides is 2. The van der Waals surface area contributed by atoms with E-state index in [1.165, 1.54) is 24.3 Å². The first-order valence-corrected chi connectivity index (χ1v) is 13.5. The number of morpholine rings is 1. The predicted octanol–water partition coefficient (Wildman–Crippen LogP) is 3.40. The van der Waals surface area contributed by atoms with Gasteiger partial charge in [0.1, 0.15) is 13.2 Å². The monoisotopic (exact) mass is 552 g/mol. The van der Waals surface area contributed by atoms with Crippen LogP contribution < -0.4 is 14.5 Å². The lowest BCUT2D eigenvalue weighted by atomic mass is 10.2. The summed E-state index contributed by atoms with van der Waals surface area (Å²) in [4.78, 5) is 26.6. The molecule has 1 saturated heterocycles. The highest BCUT2D eigenvalue weighted by molar-refractivity contribution is 7.92. The minimum Gasteiger partial charge on any atom is -0.370 e. The fraction of sp³-hybridized carbons (Fsp3) is 0.222. The Labute approximate surface area is 226 Å². The van der Waals surface area contributed by atoms with Crippen LogP contribution in [0, 0.1) is 18.3 Å². The maximum atomic E-state index is 13.6. The summed E-state index contributed by atoms with van der Waals surface area (Å²) >= 11 is 6.26. The molecule has 38 heavy (non-hydrogen) atoms. The number of hydrogen-bond acceptors (Lipinski definition) is 6. The molecule has 0 aromatic heterocycles. The third kappa shape index (κ3) is 5.97. The standard InChI is InChI=1S/C27H25ClN4O5S/c1-19-24(28)3-2-4-25(19)32(38(35,36)23-11-7-20(15-29)8-12-23)17-26(33)30-16-21-5-9-22(10-6-21)31-13-14-37-18-27(31)34/h2-12H,13-14,16-18H2,1H3,(H,30,33). The highest BCUT2D eigenvalue weighted by Crippen LogP contribution is 2.31. The zero-order chi connectivity index (χ0) is 27.3. The van der Waals surface area contributed by atoms with E-state index in [1.807, 2.05) is 6.07 Å². The number of rotatable bonds is 8. The molecule has 1 N–H and O–H groups in total. The largest absolute Gasteiger partial charge is 0.370 e. The van der Waals surface area contributed by atoms with Crippen LogP contribution in [0.4, 0.5) is 11.4 Å². The van der Waals surface area contributed by atoms with Gasteiger partial charge in [-0.2, -0.15) is 5.26 Å². The Kier molecular flexibility index (Phi) is 8.32. The van der Waals surface area contributed by atoms with Crippen LogP contribution in [0.15, 0.2) is 71.6 Å². The van der Waals surface area contributed by atoms with Crippen LogP contribution in [0.5, 0.6) is 0 Å². The molecule has 0 atom stereocenters. The molecule has 1 heterocycles. The molecule has 196 valence electrons. The van der Waals surface area contributed by atoms with Crippen LogP contribution >= 0.6 is 11.6 Å². The summed E-state index contributed by atoms with van der Waals surface area (Å²) in [6.07, 6.45) is 0. The molecule has 1 fully saturated rings. The summed E-state index contributed by atoms with van der Waals surface area (Å²) in [5.41, 5.74) is 2.62. The molecule has 2 amide bonds. The number of nitriles is 1. The Morgan fingerprint density at radius 3 is 2.50 bits per heavy atom. The van der Waals surface area contributed by atoms with E-state index in [-0.39, 0.29) is 29.6 Å². The summed E-state index contributed by atoms with van der Waals surface area (Å²) in [6.45, 7) is 2.35. The Bertz CT molecular complexity index is 1490. The van der Waals surface area contributed by atoms with Gasteiger partial charge in [0.25, 0.3) is 15.9 Å². The van der Waals surface area contributed by atoms with Crippen molar-refractivity contribution in [2.75, 3.05) is 35.5 Å². The molecule has 0 bridgehead atoms. The molecule has 3 aromatic rings. The molecular formula is C27H25ClN4O5S. The number of nitrogens with one attached hydrogen (secondary N) is 1. The van der Waals surface area contributed by atoms with E-state index in [4.69, 9.17) is 21.6 Å². The predicted molar refractivity (Wildman–Crippen MR) is 143 cm³/mol. The molecule has 11 heteroatoms. The van der Waals surface area contributed by atoms with Gasteiger partial charge in [0.15, 0.2) is 0 Å². The van der Waals surface area contributed by atoms with Crippen molar-refractivity contribution in [3.63, 3.8) is 0 Å². The van der Waals surface area contributed by atoms with Crippen molar-refractivity contribution in [1.82, 2.24) is 5.32 Å². The van der Waals surface area contributed by atoms with E-state index in [0.717, 1.165) is 15.6 Å². The van der Waals surface area contributed by atoms with Gasteiger partial charge in [0, 0.05) is 23.8 Å². The van der Waals surface area contributed by atoms with Gasteiger partial charge < -0.3 is 15.0 Å². The smallest absolute Gasteiger partial charge is 0.264 e. The number of carbonyl (C=O) groups is 2. The normalized spacial score (nSPS) is 13.6. The van der Waals surface area contributed by atoms with Gasteiger partial charge in [-0.05, 0) is 66.6 Å². The Balaban J connectivity index is 1.51. The zero-order valence-corrected chi connectivity index (χ0v) is 22.1. The Morgan fingerprint density at radius 2 is 1.84 bits per heavy atom. The molecule has 3 aromatic carbocycles. The van der Waals surface area contributed by atoms with Crippen molar-refractivity contribution in [1.29, 1.82) is 5.26 Å². The number of ether oxygens (including phenoxy) is 1. The second kappa shape index (κ2) is 11.6. The molecule has 0 saturated carbocycles. The van der Waals surface area contributed by atoms with Crippen LogP contribution in [0.25, 0.3) is 0 Å². The van der Waals surface area contributed by atoms with Crippen molar-refractivity contribution >= 4 is 44.8 Å². The van der Waals surface area contributed by atoms with Crippen molar-refractivity contribution < 1.29 is 22.7 Å². The summed E-state index contributed by atoms with van der Waals surface area (Å²) in [6, 6.07) is 19.5. The second-order valence-corrected chi connectivity index (χ2v) is 10.8. The molecule has 9 nitrogen and oxygen atoms in total. The molecule has 4 rings (SSSR count). The summed E-state index contributed by atoms with van der Waals surface area (Å²) in [5, 5.41) is 12.2. The number of nitrogens with zero attached hydrogens (tertiary/aromatic N) is 3. The molecule has 0 spiro atoms. The lowest BCUT2D eigenvalue weighted by Gasteiger charge is -2.27. The van der Waals surface area contributed by atoms with Gasteiger partial charge in [-0.1, -0.05) is 29.8 Å². The first-order valence-electron chi connectivity index (χ1n) is 11.7. The number of halogens is 1. The maximum absolute atomic E-state index is 13.6. The van der Waals surface area contributed by atoms with Crippen LogP contribution in [0.2, 0.25) is 5.02 Å². The van der Waals surface area contributed by atoms with Crippen LogP contribution in [0.1, 0.15) is 16.7 Å². The second-order valence-electron chi connectivity index (χ2n) is 8.57. The zero-order valence-electron chi connectivity index (χ0n) is 20.6. The lowest BCUT2D eigenvalue weighted by Crippen LogP contribution is -2.41. The quantitative estimate of drug-likeness (QED) is 0.457. The third-order valence-corrected chi connectivity index (χ3v) is 8.27. The van der Waals surface area contributed by atoms with Crippen molar-refractivity contribution in [3.8, 4) is 6.07 Å². The van der Waals surface area contributed by atoms with Crippen molar-refractivity contribution in [2.45, 2.75) is 18.4 Å². The summed E-state index contributed by atoms with van der Waals surface area (Å²) in [5.74, 6) is -0.633. The van der Waals surface area contributed by atoms with Gasteiger partial charge in [-0.25, -0.2) is 8.42 Å². The van der Waals surface area contributed by atoms with E-state index < -0.39 is 22.5 Å². The van der Waals surface area contributed by atoms with Gasteiger partial charge in [0.2, 0.25) is 5.91 Å². The van der Waals surface area contributed by atoms with Crippen molar-refractivity contribution in [2.24, 2.45) is 0 Å². The molecule has 0 radical (unpaired) electrons. The van der Waals surface area contributed by atoms with Gasteiger partial charge in [-0.3, -0.25) is 13.9 Å². The first-order chi connectivity index (χ1) is 18.2. The Morgan fingerprint density at radius 1 is 1.13 bits per heavy atom. The Hall–Kier alpha value is -3.91. The van der Waals surface area contributed by atoms with E-state index >= 15 is 0 Å². The average molecular weight is 553 g/mol.